The minimum atomic E-state index is -0.0269. The summed E-state index contributed by atoms with van der Waals surface area (Å²) in [6.45, 7) is 11.3. The number of carbonyl (C=O) groups is 1. The normalized spacial score (nSPS) is 14.0. The summed E-state index contributed by atoms with van der Waals surface area (Å²) in [5.74, 6) is 1.31. The molecule has 0 atom stereocenters. The van der Waals surface area contributed by atoms with Crippen LogP contribution < -0.4 is 9.47 Å². The van der Waals surface area contributed by atoms with Gasteiger partial charge < -0.3 is 14.4 Å². The molecule has 1 heterocycles. The van der Waals surface area contributed by atoms with Crippen molar-refractivity contribution in [2.75, 3.05) is 20.8 Å². The molecule has 0 spiro atoms. The number of rotatable bonds is 3. The molecule has 0 fully saturated rings. The van der Waals surface area contributed by atoms with E-state index in [1.165, 1.54) is 5.56 Å². The molecule has 0 radical (unpaired) electrons. The molecule has 1 amide bonds. The molecule has 2 aromatic carbocycles. The minimum Gasteiger partial charge on any atom is -0.493 e. The van der Waals surface area contributed by atoms with Crippen molar-refractivity contribution >= 4 is 11.6 Å². The van der Waals surface area contributed by atoms with Gasteiger partial charge in [-0.2, -0.15) is 0 Å². The van der Waals surface area contributed by atoms with Crippen LogP contribution in [0.5, 0.6) is 11.5 Å². The molecule has 0 aromatic heterocycles. The lowest BCUT2D eigenvalue weighted by Gasteiger charge is -2.32. The van der Waals surface area contributed by atoms with Crippen molar-refractivity contribution in [3.63, 3.8) is 0 Å². The first kappa shape index (κ1) is 19.0. The van der Waals surface area contributed by atoms with E-state index in [-0.39, 0.29) is 11.3 Å². The van der Waals surface area contributed by atoms with E-state index in [1.54, 1.807) is 19.1 Å². The number of hydrogen-bond acceptors (Lipinski definition) is 3. The van der Waals surface area contributed by atoms with Crippen LogP contribution in [0.25, 0.3) is 5.70 Å². The highest BCUT2D eigenvalue weighted by Crippen LogP contribution is 2.37. The molecule has 2 aromatic rings. The molecule has 0 saturated heterocycles. The maximum atomic E-state index is 13.1. The summed E-state index contributed by atoms with van der Waals surface area (Å²) in [5.41, 5.74) is 4.68. The lowest BCUT2D eigenvalue weighted by Crippen LogP contribution is -2.34. The minimum absolute atomic E-state index is 0.0269. The Kier molecular flexibility index (Phi) is 5.01. The Morgan fingerprint density at radius 3 is 2.19 bits per heavy atom. The monoisotopic (exact) mass is 365 g/mol. The van der Waals surface area contributed by atoms with E-state index in [2.05, 4.69) is 27.4 Å². The van der Waals surface area contributed by atoms with E-state index in [0.717, 1.165) is 17.5 Å². The summed E-state index contributed by atoms with van der Waals surface area (Å²) in [4.78, 5) is 14.8. The van der Waals surface area contributed by atoms with Gasteiger partial charge in [0.15, 0.2) is 11.5 Å². The molecule has 142 valence electrons. The molecule has 1 aliphatic heterocycles. The zero-order chi connectivity index (χ0) is 19.8. The van der Waals surface area contributed by atoms with Crippen LogP contribution in [0.4, 0.5) is 0 Å². The number of carbonyl (C=O) groups excluding carboxylic acids is 1. The van der Waals surface area contributed by atoms with E-state index in [1.807, 2.05) is 36.4 Å². The summed E-state index contributed by atoms with van der Waals surface area (Å²) < 4.78 is 10.8. The molecular weight excluding hydrogens is 338 g/mol. The second kappa shape index (κ2) is 7.10. The Morgan fingerprint density at radius 1 is 1.04 bits per heavy atom. The predicted octanol–water partition coefficient (Wildman–Crippen LogP) is 4.67. The number of ether oxygens (including phenoxy) is 2. The predicted molar refractivity (Wildman–Crippen MR) is 108 cm³/mol. The summed E-state index contributed by atoms with van der Waals surface area (Å²) in [5, 5.41) is 0. The van der Waals surface area contributed by atoms with Gasteiger partial charge in [-0.15, -0.1) is 0 Å². The van der Waals surface area contributed by atoms with Crippen LogP contribution in [0.2, 0.25) is 0 Å². The third-order valence-corrected chi connectivity index (χ3v) is 5.09. The molecule has 4 nitrogen and oxygen atoms in total. The SMILES string of the molecule is C=C1c2cc(OC)c(OC)cc2CCN1C(=O)c1ccc(C(C)(C)C)cc1. The van der Waals surface area contributed by atoms with Gasteiger partial charge >= 0.3 is 0 Å². The largest absolute Gasteiger partial charge is 0.493 e. The quantitative estimate of drug-likeness (QED) is 0.793. The maximum absolute atomic E-state index is 13.1. The fraction of sp³-hybridized carbons (Fsp3) is 0.348. The zero-order valence-corrected chi connectivity index (χ0v) is 16.8. The maximum Gasteiger partial charge on any atom is 0.258 e. The second-order valence-electron chi connectivity index (χ2n) is 7.85. The number of methoxy groups -OCH3 is 2. The van der Waals surface area contributed by atoms with Gasteiger partial charge in [0.05, 0.1) is 14.2 Å². The first-order chi connectivity index (χ1) is 12.8. The smallest absolute Gasteiger partial charge is 0.258 e. The lowest BCUT2D eigenvalue weighted by molar-refractivity contribution is 0.0833. The van der Waals surface area contributed by atoms with Crippen LogP contribution in [0, 0.1) is 0 Å². The second-order valence-corrected chi connectivity index (χ2v) is 7.85. The van der Waals surface area contributed by atoms with Crippen molar-refractivity contribution in [3.05, 3.63) is 65.2 Å². The van der Waals surface area contributed by atoms with Gasteiger partial charge in [0.25, 0.3) is 5.91 Å². The Hall–Kier alpha value is -2.75. The number of fused-ring (bicyclic) bond motifs is 1. The molecule has 0 bridgehead atoms. The highest BCUT2D eigenvalue weighted by Gasteiger charge is 2.27. The van der Waals surface area contributed by atoms with Gasteiger partial charge in [0.1, 0.15) is 0 Å². The van der Waals surface area contributed by atoms with Crippen LogP contribution in [-0.4, -0.2) is 31.6 Å². The van der Waals surface area contributed by atoms with Crippen LogP contribution in [0.1, 0.15) is 47.8 Å². The highest BCUT2D eigenvalue weighted by molar-refractivity contribution is 6.00. The average molecular weight is 365 g/mol. The Morgan fingerprint density at radius 2 is 1.63 bits per heavy atom. The average Bonchev–Trinajstić information content (AvgIpc) is 2.66. The van der Waals surface area contributed by atoms with Gasteiger partial charge in [-0.25, -0.2) is 0 Å². The Balaban J connectivity index is 1.89. The van der Waals surface area contributed by atoms with Crippen LogP contribution in [0.15, 0.2) is 43.0 Å². The first-order valence-electron chi connectivity index (χ1n) is 9.13. The summed E-state index contributed by atoms with van der Waals surface area (Å²) in [7, 11) is 3.23. The summed E-state index contributed by atoms with van der Waals surface area (Å²) in [6.07, 6.45) is 0.751. The summed E-state index contributed by atoms with van der Waals surface area (Å²) in [6, 6.07) is 11.7. The third kappa shape index (κ3) is 3.57. The third-order valence-electron chi connectivity index (χ3n) is 5.09. The fourth-order valence-electron chi connectivity index (χ4n) is 3.40. The van der Waals surface area contributed by atoms with Crippen LogP contribution in [0.3, 0.4) is 0 Å². The van der Waals surface area contributed by atoms with Gasteiger partial charge in [-0.1, -0.05) is 39.5 Å². The number of amides is 1. The fourth-order valence-corrected chi connectivity index (χ4v) is 3.40. The molecule has 27 heavy (non-hydrogen) atoms. The molecule has 1 aliphatic rings. The van der Waals surface area contributed by atoms with Crippen LogP contribution in [-0.2, 0) is 11.8 Å². The number of hydrogen-bond donors (Lipinski definition) is 0. The Bertz CT molecular complexity index is 876. The topological polar surface area (TPSA) is 38.8 Å². The van der Waals surface area contributed by atoms with E-state index in [0.29, 0.717) is 29.3 Å². The van der Waals surface area contributed by atoms with Gasteiger partial charge in [-0.05, 0) is 47.2 Å². The molecule has 3 rings (SSSR count). The van der Waals surface area contributed by atoms with Gasteiger partial charge in [0, 0.05) is 23.4 Å². The van der Waals surface area contributed by atoms with Gasteiger partial charge in [0.2, 0.25) is 0 Å². The molecule has 0 unspecified atom stereocenters. The van der Waals surface area contributed by atoms with E-state index in [9.17, 15) is 4.79 Å². The molecule has 0 saturated carbocycles. The van der Waals surface area contributed by atoms with Crippen LogP contribution >= 0.6 is 0 Å². The molecule has 0 N–H and O–H groups in total. The molecular formula is C23H27NO3. The number of benzene rings is 2. The Labute approximate surface area is 161 Å². The van der Waals surface area contributed by atoms with Crippen molar-refractivity contribution in [1.29, 1.82) is 0 Å². The van der Waals surface area contributed by atoms with Gasteiger partial charge in [-0.3, -0.25) is 4.79 Å². The molecule has 4 heteroatoms. The first-order valence-corrected chi connectivity index (χ1v) is 9.13. The standard InChI is InChI=1S/C23H27NO3/c1-15-19-14-21(27-6)20(26-5)13-17(19)11-12-24(15)22(25)16-7-9-18(10-8-16)23(2,3)4/h7-10,13-14H,1,11-12H2,2-6H3. The van der Waals surface area contributed by atoms with Crippen molar-refractivity contribution in [2.24, 2.45) is 0 Å². The van der Waals surface area contributed by atoms with E-state index >= 15 is 0 Å². The lowest BCUT2D eigenvalue weighted by atomic mass is 9.86. The van der Waals surface area contributed by atoms with E-state index < -0.39 is 0 Å². The van der Waals surface area contributed by atoms with E-state index in [4.69, 9.17) is 9.47 Å². The van der Waals surface area contributed by atoms with Crippen molar-refractivity contribution in [3.8, 4) is 11.5 Å². The highest BCUT2D eigenvalue weighted by atomic mass is 16.5. The summed E-state index contributed by atoms with van der Waals surface area (Å²) >= 11 is 0. The molecule has 0 aliphatic carbocycles. The van der Waals surface area contributed by atoms with Crippen molar-refractivity contribution in [1.82, 2.24) is 4.90 Å². The number of nitrogens with zero attached hydrogens (tertiary/aromatic N) is 1. The van der Waals surface area contributed by atoms with Crippen molar-refractivity contribution < 1.29 is 14.3 Å². The zero-order valence-electron chi connectivity index (χ0n) is 16.8. The van der Waals surface area contributed by atoms with Crippen molar-refractivity contribution in [2.45, 2.75) is 32.6 Å².